The number of carbonyl (C=O) groups excluding carboxylic acids is 1. The number of aromatic nitrogens is 2. The normalized spacial score (nSPS) is 28.9. The predicted molar refractivity (Wildman–Crippen MR) is 109 cm³/mol. The molecule has 3 aliphatic rings. The number of amides is 1. The van der Waals surface area contributed by atoms with Crippen molar-refractivity contribution < 1.29 is 22.4 Å². The number of nitrogens with one attached hydrogen (secondary N) is 3. The van der Waals surface area contributed by atoms with E-state index >= 15 is 0 Å². The number of hydrogen-bond acceptors (Lipinski definition) is 6. The molecule has 1 saturated carbocycles. The molecule has 1 aliphatic carbocycles. The van der Waals surface area contributed by atoms with Gasteiger partial charge in [-0.2, -0.15) is 13.2 Å². The van der Waals surface area contributed by atoms with Crippen LogP contribution in [0.1, 0.15) is 42.8 Å². The molecule has 33 heavy (non-hydrogen) atoms. The lowest BCUT2D eigenvalue weighted by atomic mass is 9.91. The van der Waals surface area contributed by atoms with Crippen LogP contribution in [0.4, 0.5) is 17.6 Å². The lowest BCUT2D eigenvalue weighted by Gasteiger charge is -2.39. The highest BCUT2D eigenvalue weighted by Crippen LogP contribution is 2.43. The van der Waals surface area contributed by atoms with Crippen molar-refractivity contribution in [3.63, 3.8) is 0 Å². The Labute approximate surface area is 187 Å². The van der Waals surface area contributed by atoms with Crippen LogP contribution in [-0.2, 0) is 17.4 Å². The van der Waals surface area contributed by atoms with Crippen LogP contribution in [0.2, 0.25) is 0 Å². The fourth-order valence-electron chi connectivity index (χ4n) is 4.74. The molecule has 3 fully saturated rings. The molecule has 1 amide bonds. The Morgan fingerprint density at radius 2 is 1.94 bits per heavy atom. The molecule has 5 rings (SSSR count). The summed E-state index contributed by atoms with van der Waals surface area (Å²) in [5, 5.41) is 8.37. The summed E-state index contributed by atoms with van der Waals surface area (Å²) < 4.78 is 51.9. The maximum Gasteiger partial charge on any atom is 0.433 e. The molecule has 0 radical (unpaired) electrons. The summed E-state index contributed by atoms with van der Waals surface area (Å²) in [5.74, 6) is -0.490. The van der Waals surface area contributed by atoms with E-state index in [1.165, 1.54) is 18.3 Å². The molecular weight excluding hydrogens is 440 g/mol. The Morgan fingerprint density at radius 3 is 2.55 bits per heavy atom. The van der Waals surface area contributed by atoms with Gasteiger partial charge in [-0.1, -0.05) is 6.07 Å². The number of hydrazine groups is 1. The average molecular weight is 464 g/mol. The zero-order chi connectivity index (χ0) is 23.3. The standard InChI is InChI=1S/C22H24F4N6O/c1-11(13-4-7-16(28-9-13)22(24,25)26)32-20-18(19(31-32)12-2-3-12)21(33)30-17(29-20)8-15-6-5-14(23)10-27-15/h4-7,9-12,17-20,29,31H,2-3,8H2,1H3,(H,30,33)/t11-,17?,18?,19?,20?/m1/s1. The molecule has 0 spiro atoms. The fourth-order valence-corrected chi connectivity index (χ4v) is 4.74. The van der Waals surface area contributed by atoms with Gasteiger partial charge in [-0.15, -0.1) is 0 Å². The van der Waals surface area contributed by atoms with Gasteiger partial charge in [0, 0.05) is 30.4 Å². The van der Waals surface area contributed by atoms with E-state index in [1.54, 1.807) is 6.07 Å². The molecule has 4 heterocycles. The van der Waals surface area contributed by atoms with Crippen molar-refractivity contribution in [1.29, 1.82) is 0 Å². The van der Waals surface area contributed by atoms with E-state index in [2.05, 4.69) is 26.0 Å². The Kier molecular flexibility index (Phi) is 5.58. The number of alkyl halides is 3. The topological polar surface area (TPSA) is 82.2 Å². The predicted octanol–water partition coefficient (Wildman–Crippen LogP) is 2.52. The van der Waals surface area contributed by atoms with Crippen molar-refractivity contribution in [2.24, 2.45) is 11.8 Å². The molecule has 2 aliphatic heterocycles. The van der Waals surface area contributed by atoms with Gasteiger partial charge in [-0.25, -0.2) is 14.8 Å². The zero-order valence-electron chi connectivity index (χ0n) is 17.8. The summed E-state index contributed by atoms with van der Waals surface area (Å²) in [4.78, 5) is 20.8. The Morgan fingerprint density at radius 1 is 1.15 bits per heavy atom. The summed E-state index contributed by atoms with van der Waals surface area (Å²) in [6, 6.07) is 4.90. The van der Waals surface area contributed by atoms with Gasteiger partial charge in [0.15, 0.2) is 0 Å². The van der Waals surface area contributed by atoms with Crippen LogP contribution in [0.5, 0.6) is 0 Å². The molecule has 2 aromatic rings. The molecule has 2 aromatic heterocycles. The third-order valence-electron chi connectivity index (χ3n) is 6.62. The van der Waals surface area contributed by atoms with Crippen molar-refractivity contribution in [2.75, 3.05) is 0 Å². The second kappa shape index (κ2) is 8.30. The van der Waals surface area contributed by atoms with Gasteiger partial charge >= 0.3 is 6.18 Å². The minimum absolute atomic E-state index is 0.0581. The average Bonchev–Trinajstić information content (AvgIpc) is 3.55. The second-order valence-electron chi connectivity index (χ2n) is 8.92. The zero-order valence-corrected chi connectivity index (χ0v) is 17.8. The number of rotatable bonds is 5. The Balaban J connectivity index is 1.37. The van der Waals surface area contributed by atoms with Gasteiger partial charge in [-0.05, 0) is 49.4 Å². The maximum absolute atomic E-state index is 13.2. The van der Waals surface area contributed by atoms with Crippen LogP contribution in [0.3, 0.4) is 0 Å². The first-order valence-corrected chi connectivity index (χ1v) is 11.0. The summed E-state index contributed by atoms with van der Waals surface area (Å²) in [7, 11) is 0. The van der Waals surface area contributed by atoms with E-state index in [4.69, 9.17) is 0 Å². The van der Waals surface area contributed by atoms with Crippen LogP contribution in [0.25, 0.3) is 0 Å². The highest BCUT2D eigenvalue weighted by Gasteiger charge is 2.55. The Bertz CT molecular complexity index is 1010. The Hall–Kier alpha value is -2.63. The molecule has 176 valence electrons. The second-order valence-corrected chi connectivity index (χ2v) is 8.92. The highest BCUT2D eigenvalue weighted by molar-refractivity contribution is 5.81. The summed E-state index contributed by atoms with van der Waals surface area (Å²) in [6.45, 7) is 1.87. The lowest BCUT2D eigenvalue weighted by molar-refractivity contribution is -0.141. The number of halogens is 4. The molecule has 5 atom stereocenters. The smallest absolute Gasteiger partial charge is 0.340 e. The molecule has 7 nitrogen and oxygen atoms in total. The molecule has 2 saturated heterocycles. The number of carbonyl (C=O) groups is 1. The van der Waals surface area contributed by atoms with Gasteiger partial charge < -0.3 is 5.32 Å². The van der Waals surface area contributed by atoms with Gasteiger partial charge in [0.2, 0.25) is 5.91 Å². The lowest BCUT2D eigenvalue weighted by Crippen LogP contribution is -2.65. The maximum atomic E-state index is 13.2. The summed E-state index contributed by atoms with van der Waals surface area (Å²) in [5.41, 5.74) is 3.75. The van der Waals surface area contributed by atoms with E-state index in [1.807, 2.05) is 11.9 Å². The van der Waals surface area contributed by atoms with Crippen LogP contribution >= 0.6 is 0 Å². The molecule has 3 N–H and O–H groups in total. The van der Waals surface area contributed by atoms with E-state index in [-0.39, 0.29) is 30.1 Å². The third-order valence-corrected chi connectivity index (χ3v) is 6.62. The molecule has 11 heteroatoms. The van der Waals surface area contributed by atoms with Crippen LogP contribution in [0, 0.1) is 17.7 Å². The van der Waals surface area contributed by atoms with Crippen molar-refractivity contribution in [1.82, 2.24) is 31.0 Å². The minimum Gasteiger partial charge on any atom is -0.340 e. The van der Waals surface area contributed by atoms with E-state index in [9.17, 15) is 22.4 Å². The highest BCUT2D eigenvalue weighted by atomic mass is 19.4. The fraction of sp³-hybridized carbons (Fsp3) is 0.500. The first kappa shape index (κ1) is 22.2. The van der Waals surface area contributed by atoms with Crippen molar-refractivity contribution in [3.05, 3.63) is 59.4 Å². The van der Waals surface area contributed by atoms with Gasteiger partial charge in [0.25, 0.3) is 0 Å². The SMILES string of the molecule is C[C@H](c1ccc(C(F)(F)F)nc1)N1NC(C2CC2)C2C(=O)NC(Cc3ccc(F)cn3)NC21. The monoisotopic (exact) mass is 464 g/mol. The van der Waals surface area contributed by atoms with Crippen LogP contribution < -0.4 is 16.1 Å². The number of fused-ring (bicyclic) bond motifs is 1. The number of nitrogens with zero attached hydrogens (tertiary/aromatic N) is 3. The van der Waals surface area contributed by atoms with Crippen molar-refractivity contribution in [2.45, 2.75) is 56.8 Å². The molecule has 0 bridgehead atoms. The first-order chi connectivity index (χ1) is 15.7. The quantitative estimate of drug-likeness (QED) is 0.590. The first-order valence-electron chi connectivity index (χ1n) is 11.0. The number of pyridine rings is 2. The number of hydrogen-bond donors (Lipinski definition) is 3. The largest absolute Gasteiger partial charge is 0.433 e. The van der Waals surface area contributed by atoms with Gasteiger partial charge in [0.1, 0.15) is 11.5 Å². The summed E-state index contributed by atoms with van der Waals surface area (Å²) in [6.07, 6.45) is -0.494. The third kappa shape index (κ3) is 4.44. The van der Waals surface area contributed by atoms with Gasteiger partial charge in [0.05, 0.1) is 24.4 Å². The van der Waals surface area contributed by atoms with E-state index < -0.39 is 23.9 Å². The van der Waals surface area contributed by atoms with E-state index in [0.29, 0.717) is 23.6 Å². The summed E-state index contributed by atoms with van der Waals surface area (Å²) >= 11 is 0. The van der Waals surface area contributed by atoms with Crippen LogP contribution in [0.15, 0.2) is 36.7 Å². The van der Waals surface area contributed by atoms with Crippen LogP contribution in [-0.4, -0.2) is 39.3 Å². The molecule has 0 aromatic carbocycles. The van der Waals surface area contributed by atoms with Crippen molar-refractivity contribution in [3.8, 4) is 0 Å². The molecular formula is C22H24F4N6O. The molecule has 4 unspecified atom stereocenters. The minimum atomic E-state index is -4.50. The van der Waals surface area contributed by atoms with E-state index in [0.717, 1.165) is 25.1 Å². The van der Waals surface area contributed by atoms with Crippen molar-refractivity contribution >= 4 is 5.91 Å². The van der Waals surface area contributed by atoms with Gasteiger partial charge in [-0.3, -0.25) is 20.1 Å².